The third-order valence-electron chi connectivity index (χ3n) is 3.84. The fraction of sp³-hybridized carbons (Fsp3) is 1.00. The number of aliphatic hydroxyl groups is 2. The third kappa shape index (κ3) is 1.49. The molecule has 1 heterocycles. The Kier molecular flexibility index (Phi) is 2.34. The van der Waals surface area contributed by atoms with Gasteiger partial charge in [0.05, 0.1) is 13.2 Å². The number of aliphatic hydroxyl groups excluding tert-OH is 2. The molecule has 1 aliphatic heterocycles. The molecule has 0 aromatic heterocycles. The first-order chi connectivity index (χ1) is 6.24. The smallest absolute Gasteiger partial charge is 0.0509 e. The maximum Gasteiger partial charge on any atom is 0.0509 e. The topological polar surface area (TPSA) is 52.5 Å². The summed E-state index contributed by atoms with van der Waals surface area (Å²) in [5.74, 6) is 0. The second-order valence-corrected chi connectivity index (χ2v) is 4.92. The first-order valence-electron chi connectivity index (χ1n) is 5.17. The van der Waals surface area contributed by atoms with Crippen molar-refractivity contribution < 1.29 is 10.2 Å². The maximum absolute atomic E-state index is 9.17. The SMILES string of the molecule is OCC1(CO)CC2(CCNCC2)C1. The largest absolute Gasteiger partial charge is 0.396 e. The molecule has 13 heavy (non-hydrogen) atoms. The number of hydrogen-bond acceptors (Lipinski definition) is 3. The second-order valence-electron chi connectivity index (χ2n) is 4.92. The third-order valence-corrected chi connectivity index (χ3v) is 3.84. The van der Waals surface area contributed by atoms with E-state index in [0.717, 1.165) is 25.9 Å². The van der Waals surface area contributed by atoms with Crippen LogP contribution in [0.5, 0.6) is 0 Å². The minimum atomic E-state index is -0.142. The summed E-state index contributed by atoms with van der Waals surface area (Å²) in [6.07, 6.45) is 4.48. The van der Waals surface area contributed by atoms with Crippen LogP contribution in [0.1, 0.15) is 25.7 Å². The van der Waals surface area contributed by atoms with Crippen molar-refractivity contribution in [2.75, 3.05) is 26.3 Å². The van der Waals surface area contributed by atoms with Gasteiger partial charge in [0.1, 0.15) is 0 Å². The predicted molar refractivity (Wildman–Crippen MR) is 50.4 cm³/mol. The van der Waals surface area contributed by atoms with Crippen molar-refractivity contribution in [2.45, 2.75) is 25.7 Å². The number of hydrogen-bond donors (Lipinski definition) is 3. The zero-order valence-corrected chi connectivity index (χ0v) is 8.05. The average Bonchev–Trinajstić information content (AvgIpc) is 2.15. The Morgan fingerprint density at radius 1 is 1.00 bits per heavy atom. The lowest BCUT2D eigenvalue weighted by Crippen LogP contribution is -2.54. The summed E-state index contributed by atoms with van der Waals surface area (Å²) in [7, 11) is 0. The summed E-state index contributed by atoms with van der Waals surface area (Å²) in [4.78, 5) is 0. The number of nitrogens with one attached hydrogen (secondary N) is 1. The minimum Gasteiger partial charge on any atom is -0.396 e. The highest BCUT2D eigenvalue weighted by molar-refractivity contribution is 5.04. The molecule has 3 nitrogen and oxygen atoms in total. The van der Waals surface area contributed by atoms with E-state index in [-0.39, 0.29) is 18.6 Å². The fourth-order valence-electron chi connectivity index (χ4n) is 3.12. The zero-order valence-electron chi connectivity index (χ0n) is 8.05. The van der Waals surface area contributed by atoms with Crippen LogP contribution >= 0.6 is 0 Å². The molecule has 3 N–H and O–H groups in total. The van der Waals surface area contributed by atoms with Crippen LogP contribution in [-0.2, 0) is 0 Å². The van der Waals surface area contributed by atoms with E-state index in [4.69, 9.17) is 0 Å². The maximum atomic E-state index is 9.17. The Labute approximate surface area is 79.2 Å². The summed E-state index contributed by atoms with van der Waals surface area (Å²) in [5.41, 5.74) is 0.314. The van der Waals surface area contributed by atoms with E-state index in [1.54, 1.807) is 0 Å². The van der Waals surface area contributed by atoms with E-state index < -0.39 is 0 Å². The van der Waals surface area contributed by atoms with Gasteiger partial charge in [-0.25, -0.2) is 0 Å². The molecular weight excluding hydrogens is 166 g/mol. The number of piperidine rings is 1. The molecule has 0 aromatic rings. The first kappa shape index (κ1) is 9.44. The van der Waals surface area contributed by atoms with Gasteiger partial charge in [-0.05, 0) is 44.2 Å². The molecule has 1 spiro atoms. The van der Waals surface area contributed by atoms with Crippen molar-refractivity contribution in [1.82, 2.24) is 5.32 Å². The lowest BCUT2D eigenvalue weighted by atomic mass is 9.50. The van der Waals surface area contributed by atoms with E-state index in [9.17, 15) is 10.2 Å². The molecule has 0 amide bonds. The van der Waals surface area contributed by atoms with Crippen molar-refractivity contribution in [3.8, 4) is 0 Å². The van der Waals surface area contributed by atoms with Gasteiger partial charge in [-0.1, -0.05) is 0 Å². The van der Waals surface area contributed by atoms with Gasteiger partial charge in [-0.3, -0.25) is 0 Å². The van der Waals surface area contributed by atoms with Gasteiger partial charge in [0, 0.05) is 5.41 Å². The lowest BCUT2D eigenvalue weighted by Gasteiger charge is -2.57. The summed E-state index contributed by atoms with van der Waals surface area (Å²) in [5, 5.41) is 21.7. The van der Waals surface area contributed by atoms with Crippen LogP contribution < -0.4 is 5.32 Å². The summed E-state index contributed by atoms with van der Waals surface area (Å²) >= 11 is 0. The number of rotatable bonds is 2. The molecular formula is C10H19NO2. The van der Waals surface area contributed by atoms with Crippen LogP contribution in [-0.4, -0.2) is 36.5 Å². The molecule has 1 saturated heterocycles. The lowest BCUT2D eigenvalue weighted by molar-refractivity contribution is -0.118. The Bertz CT molecular complexity index is 173. The highest BCUT2D eigenvalue weighted by Crippen LogP contribution is 2.58. The normalized spacial score (nSPS) is 30.0. The van der Waals surface area contributed by atoms with Crippen LogP contribution in [0, 0.1) is 10.8 Å². The Morgan fingerprint density at radius 3 is 2.00 bits per heavy atom. The summed E-state index contributed by atoms with van der Waals surface area (Å²) in [6.45, 7) is 2.51. The van der Waals surface area contributed by atoms with Gasteiger partial charge >= 0.3 is 0 Å². The van der Waals surface area contributed by atoms with Crippen LogP contribution in [0.4, 0.5) is 0 Å². The van der Waals surface area contributed by atoms with Crippen LogP contribution in [0.3, 0.4) is 0 Å². The monoisotopic (exact) mass is 185 g/mol. The second kappa shape index (κ2) is 3.23. The molecule has 2 aliphatic rings. The average molecular weight is 185 g/mol. The summed E-state index contributed by atoms with van der Waals surface area (Å²) < 4.78 is 0. The molecule has 3 heteroatoms. The van der Waals surface area contributed by atoms with Gasteiger partial charge < -0.3 is 15.5 Å². The van der Waals surface area contributed by atoms with E-state index in [2.05, 4.69) is 5.32 Å². The van der Waals surface area contributed by atoms with Crippen LogP contribution in [0.25, 0.3) is 0 Å². The molecule has 1 aliphatic carbocycles. The van der Waals surface area contributed by atoms with Crippen molar-refractivity contribution >= 4 is 0 Å². The standard InChI is InChI=1S/C10H19NO2/c12-7-10(8-13)5-9(6-10)1-3-11-4-2-9/h11-13H,1-8H2. The Balaban J connectivity index is 1.93. The van der Waals surface area contributed by atoms with Gasteiger partial charge in [-0.2, -0.15) is 0 Å². The van der Waals surface area contributed by atoms with Crippen molar-refractivity contribution in [3.05, 3.63) is 0 Å². The molecule has 0 bridgehead atoms. The van der Waals surface area contributed by atoms with Crippen LogP contribution in [0.15, 0.2) is 0 Å². The highest BCUT2D eigenvalue weighted by atomic mass is 16.3. The Hall–Kier alpha value is -0.120. The summed E-state index contributed by atoms with van der Waals surface area (Å²) in [6, 6.07) is 0. The van der Waals surface area contributed by atoms with Crippen molar-refractivity contribution in [3.63, 3.8) is 0 Å². The molecule has 0 atom stereocenters. The Morgan fingerprint density at radius 2 is 1.54 bits per heavy atom. The fourth-order valence-corrected chi connectivity index (χ4v) is 3.12. The van der Waals surface area contributed by atoms with Gasteiger partial charge in [0.2, 0.25) is 0 Å². The molecule has 0 unspecified atom stereocenters. The van der Waals surface area contributed by atoms with Gasteiger partial charge in [-0.15, -0.1) is 0 Å². The van der Waals surface area contributed by atoms with Crippen molar-refractivity contribution in [1.29, 1.82) is 0 Å². The van der Waals surface area contributed by atoms with E-state index in [0.29, 0.717) is 5.41 Å². The van der Waals surface area contributed by atoms with Crippen molar-refractivity contribution in [2.24, 2.45) is 10.8 Å². The molecule has 2 fully saturated rings. The van der Waals surface area contributed by atoms with E-state index in [1.807, 2.05) is 0 Å². The molecule has 1 saturated carbocycles. The molecule has 2 rings (SSSR count). The molecule has 0 radical (unpaired) electrons. The predicted octanol–water partition coefficient (Wildman–Crippen LogP) is 0.121. The first-order valence-corrected chi connectivity index (χ1v) is 5.17. The quantitative estimate of drug-likeness (QED) is 0.573. The van der Waals surface area contributed by atoms with E-state index >= 15 is 0 Å². The van der Waals surface area contributed by atoms with Gasteiger partial charge in [0.15, 0.2) is 0 Å². The van der Waals surface area contributed by atoms with Crippen LogP contribution in [0.2, 0.25) is 0 Å². The zero-order chi connectivity index (χ0) is 9.36. The highest BCUT2D eigenvalue weighted by Gasteiger charge is 2.53. The van der Waals surface area contributed by atoms with E-state index in [1.165, 1.54) is 12.8 Å². The van der Waals surface area contributed by atoms with Gasteiger partial charge in [0.25, 0.3) is 0 Å². The molecule has 76 valence electrons. The minimum absolute atomic E-state index is 0.142. The molecule has 0 aromatic carbocycles.